The number of hydrogen-bond acceptors (Lipinski definition) is 3. The first-order valence-electron chi connectivity index (χ1n) is 11.4. The number of ether oxygens (including phenoxy) is 1. The van der Waals surface area contributed by atoms with Crippen molar-refractivity contribution in [1.29, 1.82) is 0 Å². The Morgan fingerprint density at radius 2 is 1.75 bits per heavy atom. The van der Waals surface area contributed by atoms with Gasteiger partial charge < -0.3 is 15.0 Å². The van der Waals surface area contributed by atoms with Gasteiger partial charge in [-0.2, -0.15) is 0 Å². The Bertz CT molecular complexity index is 863. The number of rotatable bonds is 12. The topological polar surface area (TPSA) is 58.6 Å². The van der Waals surface area contributed by atoms with Crippen molar-refractivity contribution >= 4 is 27.7 Å². The van der Waals surface area contributed by atoms with Crippen LogP contribution in [-0.2, 0) is 16.0 Å². The molecule has 0 unspecified atom stereocenters. The zero-order valence-corrected chi connectivity index (χ0v) is 21.2. The van der Waals surface area contributed by atoms with E-state index in [1.807, 2.05) is 63.2 Å². The minimum Gasteiger partial charge on any atom is -0.484 e. The summed E-state index contributed by atoms with van der Waals surface area (Å²) in [5, 5.41) is 2.98. The van der Waals surface area contributed by atoms with Crippen LogP contribution in [0.25, 0.3) is 0 Å². The van der Waals surface area contributed by atoms with E-state index in [-0.39, 0.29) is 18.4 Å². The lowest BCUT2D eigenvalue weighted by molar-refractivity contribution is -0.142. The van der Waals surface area contributed by atoms with Crippen molar-refractivity contribution in [3.05, 3.63) is 63.6 Å². The first-order valence-corrected chi connectivity index (χ1v) is 12.2. The highest BCUT2D eigenvalue weighted by Crippen LogP contribution is 2.26. The van der Waals surface area contributed by atoms with E-state index < -0.39 is 6.04 Å². The summed E-state index contributed by atoms with van der Waals surface area (Å²) in [6, 6.07) is 13.3. The first kappa shape index (κ1) is 25.9. The maximum absolute atomic E-state index is 13.2. The van der Waals surface area contributed by atoms with Crippen LogP contribution in [0.15, 0.2) is 46.9 Å². The van der Waals surface area contributed by atoms with E-state index in [4.69, 9.17) is 4.74 Å². The molecule has 0 radical (unpaired) electrons. The molecule has 1 atom stereocenters. The number of aryl methyl sites for hydroxylation is 2. The van der Waals surface area contributed by atoms with E-state index in [1.165, 1.54) is 0 Å². The molecule has 5 nitrogen and oxygen atoms in total. The number of halogens is 1. The van der Waals surface area contributed by atoms with Gasteiger partial charge in [0.25, 0.3) is 5.91 Å². The van der Waals surface area contributed by atoms with Crippen molar-refractivity contribution in [1.82, 2.24) is 10.2 Å². The number of carbonyl (C=O) groups is 2. The molecule has 32 heavy (non-hydrogen) atoms. The predicted molar refractivity (Wildman–Crippen MR) is 133 cm³/mol. The van der Waals surface area contributed by atoms with Crippen LogP contribution in [0.1, 0.15) is 49.8 Å². The molecule has 6 heteroatoms. The maximum atomic E-state index is 13.2. The van der Waals surface area contributed by atoms with Crippen molar-refractivity contribution in [2.24, 2.45) is 0 Å². The highest BCUT2D eigenvalue weighted by Gasteiger charge is 2.28. The number of nitrogens with one attached hydrogen (secondary N) is 1. The summed E-state index contributed by atoms with van der Waals surface area (Å²) in [5.41, 5.74) is 3.23. The number of unbranched alkanes of at least 4 members (excludes halogenated alkanes) is 1. The van der Waals surface area contributed by atoms with Gasteiger partial charge in [-0.15, -0.1) is 0 Å². The number of amides is 2. The standard InChI is InChI=1S/C26H35BrN2O3/c1-5-7-14-28-26(31)23(6-2)29(15-13-21-11-9-8-10-12-21)24(30)18-32-22-16-19(3)25(27)20(4)17-22/h8-12,16-17,23H,5-7,13-15,18H2,1-4H3,(H,28,31)/t23-/m1/s1. The molecule has 0 fully saturated rings. The summed E-state index contributed by atoms with van der Waals surface area (Å²) in [6.07, 6.45) is 3.16. The average molecular weight is 503 g/mol. The molecule has 2 aromatic carbocycles. The van der Waals surface area contributed by atoms with Gasteiger partial charge in [0.15, 0.2) is 6.61 Å². The van der Waals surface area contributed by atoms with Crippen molar-refractivity contribution in [2.45, 2.75) is 59.4 Å². The van der Waals surface area contributed by atoms with E-state index in [9.17, 15) is 9.59 Å². The summed E-state index contributed by atoms with van der Waals surface area (Å²) in [4.78, 5) is 27.8. The molecule has 0 bridgehead atoms. The van der Waals surface area contributed by atoms with Crippen LogP contribution in [-0.4, -0.2) is 42.5 Å². The SMILES string of the molecule is CCCCNC(=O)[C@@H](CC)N(CCc1ccccc1)C(=O)COc1cc(C)c(Br)c(C)c1. The largest absolute Gasteiger partial charge is 0.484 e. The third-order valence-electron chi connectivity index (χ3n) is 5.47. The first-order chi connectivity index (χ1) is 15.4. The molecular formula is C26H35BrN2O3. The Kier molecular flexibility index (Phi) is 10.7. The van der Waals surface area contributed by atoms with Crippen LogP contribution in [0, 0.1) is 13.8 Å². The molecule has 174 valence electrons. The molecule has 0 aliphatic carbocycles. The Hall–Kier alpha value is -2.34. The molecule has 2 aromatic rings. The van der Waals surface area contributed by atoms with Crippen LogP contribution in [0.3, 0.4) is 0 Å². The minimum absolute atomic E-state index is 0.0994. The summed E-state index contributed by atoms with van der Waals surface area (Å²) in [6.45, 7) is 8.99. The Morgan fingerprint density at radius 3 is 2.34 bits per heavy atom. The zero-order chi connectivity index (χ0) is 23.5. The van der Waals surface area contributed by atoms with E-state index in [0.717, 1.165) is 34.0 Å². The minimum atomic E-state index is -0.514. The van der Waals surface area contributed by atoms with Gasteiger partial charge in [0, 0.05) is 17.6 Å². The normalized spacial score (nSPS) is 11.7. The number of nitrogens with zero attached hydrogens (tertiary/aromatic N) is 1. The van der Waals surface area contributed by atoms with Gasteiger partial charge >= 0.3 is 0 Å². The van der Waals surface area contributed by atoms with Crippen LogP contribution < -0.4 is 10.1 Å². The molecule has 0 saturated carbocycles. The summed E-state index contributed by atoms with van der Waals surface area (Å²) in [5.74, 6) is 0.370. The van der Waals surface area contributed by atoms with Gasteiger partial charge in [-0.05, 0) is 61.9 Å². The Balaban J connectivity index is 2.13. The molecule has 0 aliphatic heterocycles. The fourth-order valence-corrected chi connectivity index (χ4v) is 3.85. The van der Waals surface area contributed by atoms with E-state index in [0.29, 0.717) is 31.7 Å². The monoisotopic (exact) mass is 502 g/mol. The smallest absolute Gasteiger partial charge is 0.261 e. The lowest BCUT2D eigenvalue weighted by atomic mass is 10.1. The third-order valence-corrected chi connectivity index (χ3v) is 6.72. The molecule has 0 aliphatic rings. The van der Waals surface area contributed by atoms with Gasteiger partial charge in [-0.3, -0.25) is 9.59 Å². The molecule has 0 spiro atoms. The van der Waals surface area contributed by atoms with Crippen LogP contribution in [0.4, 0.5) is 0 Å². The van der Waals surface area contributed by atoms with Crippen molar-refractivity contribution < 1.29 is 14.3 Å². The van der Waals surface area contributed by atoms with Gasteiger partial charge in [0.1, 0.15) is 11.8 Å². The van der Waals surface area contributed by atoms with Crippen molar-refractivity contribution in [3.8, 4) is 5.75 Å². The number of carbonyl (C=O) groups excluding carboxylic acids is 2. The Labute approximate surface area is 200 Å². The predicted octanol–water partition coefficient (Wildman–Crippen LogP) is 5.21. The zero-order valence-electron chi connectivity index (χ0n) is 19.6. The highest BCUT2D eigenvalue weighted by atomic mass is 79.9. The molecule has 0 saturated heterocycles. The van der Waals surface area contributed by atoms with Crippen molar-refractivity contribution in [2.75, 3.05) is 19.7 Å². The summed E-state index contributed by atoms with van der Waals surface area (Å²) < 4.78 is 6.88. The Morgan fingerprint density at radius 1 is 1.09 bits per heavy atom. The molecule has 1 N–H and O–H groups in total. The quantitative estimate of drug-likeness (QED) is 0.405. The fourth-order valence-electron chi connectivity index (χ4n) is 3.62. The maximum Gasteiger partial charge on any atom is 0.261 e. The lowest BCUT2D eigenvalue weighted by Crippen LogP contribution is -2.51. The van der Waals surface area contributed by atoms with Gasteiger partial charge in [-0.1, -0.05) is 66.5 Å². The molecular weight excluding hydrogens is 468 g/mol. The lowest BCUT2D eigenvalue weighted by Gasteiger charge is -2.30. The van der Waals surface area contributed by atoms with Crippen LogP contribution in [0.5, 0.6) is 5.75 Å². The van der Waals surface area contributed by atoms with E-state index in [1.54, 1.807) is 4.90 Å². The molecule has 0 aromatic heterocycles. The van der Waals surface area contributed by atoms with Gasteiger partial charge in [-0.25, -0.2) is 0 Å². The second-order valence-corrected chi connectivity index (χ2v) is 8.84. The number of benzene rings is 2. The van der Waals surface area contributed by atoms with Gasteiger partial charge in [0.05, 0.1) is 0 Å². The van der Waals surface area contributed by atoms with E-state index in [2.05, 4.69) is 28.2 Å². The second kappa shape index (κ2) is 13.3. The molecule has 2 amide bonds. The van der Waals surface area contributed by atoms with Gasteiger partial charge in [0.2, 0.25) is 5.91 Å². The second-order valence-electron chi connectivity index (χ2n) is 8.05. The molecule has 2 rings (SSSR count). The molecule has 0 heterocycles. The van der Waals surface area contributed by atoms with Crippen LogP contribution in [0.2, 0.25) is 0 Å². The highest BCUT2D eigenvalue weighted by molar-refractivity contribution is 9.10. The average Bonchev–Trinajstić information content (AvgIpc) is 2.79. The van der Waals surface area contributed by atoms with E-state index >= 15 is 0 Å². The van der Waals surface area contributed by atoms with Crippen molar-refractivity contribution in [3.63, 3.8) is 0 Å². The number of hydrogen-bond donors (Lipinski definition) is 1. The summed E-state index contributed by atoms with van der Waals surface area (Å²) in [7, 11) is 0. The summed E-state index contributed by atoms with van der Waals surface area (Å²) >= 11 is 3.55. The fraction of sp³-hybridized carbons (Fsp3) is 0.462. The van der Waals surface area contributed by atoms with Crippen LogP contribution >= 0.6 is 15.9 Å². The third kappa shape index (κ3) is 7.66.